The van der Waals surface area contributed by atoms with E-state index >= 15 is 0 Å². The van der Waals surface area contributed by atoms with Gasteiger partial charge in [-0.3, -0.25) is 0 Å². The molecule has 2 aromatic carbocycles. The number of benzene rings is 2. The van der Waals surface area contributed by atoms with E-state index in [1.165, 1.54) is 12.1 Å². The number of carbonyl (C=O) groups excluding carboxylic acids is 2. The molecule has 1 aliphatic rings. The van der Waals surface area contributed by atoms with Crippen LogP contribution in [0.1, 0.15) is 20.7 Å². The maximum atomic E-state index is 14.5. The van der Waals surface area contributed by atoms with Crippen LogP contribution in [0.4, 0.5) is 8.78 Å². The smallest absolute Gasteiger partial charge is 0.338 e. The average Bonchev–Trinajstić information content (AvgIpc) is 2.94. The fraction of sp³-hybridized carbons (Fsp3) is 0.263. The summed E-state index contributed by atoms with van der Waals surface area (Å²) >= 11 is 0.927. The lowest BCUT2D eigenvalue weighted by Gasteiger charge is -2.23. The summed E-state index contributed by atoms with van der Waals surface area (Å²) in [6, 6.07) is 16.1. The largest absolute Gasteiger partial charge is 0.461 e. The molecule has 1 heterocycles. The van der Waals surface area contributed by atoms with Crippen molar-refractivity contribution in [2.75, 3.05) is 12.4 Å². The van der Waals surface area contributed by atoms with Gasteiger partial charge < -0.3 is 9.47 Å². The summed E-state index contributed by atoms with van der Waals surface area (Å²) < 4.78 is 39.0. The van der Waals surface area contributed by atoms with E-state index in [4.69, 9.17) is 9.47 Å². The number of halogens is 2. The molecule has 0 aliphatic carbocycles. The number of hydrogen-bond acceptors (Lipinski definition) is 5. The predicted molar refractivity (Wildman–Crippen MR) is 93.6 cm³/mol. The molecule has 0 amide bonds. The molecule has 0 bridgehead atoms. The maximum Gasteiger partial charge on any atom is 0.338 e. The first kappa shape index (κ1) is 18.4. The summed E-state index contributed by atoms with van der Waals surface area (Å²) in [4.78, 5) is 23.9. The van der Waals surface area contributed by atoms with E-state index in [-0.39, 0.29) is 11.3 Å². The Bertz CT molecular complexity index is 768. The molecule has 3 rings (SSSR count). The Morgan fingerprint density at radius 2 is 1.50 bits per heavy atom. The van der Waals surface area contributed by atoms with E-state index in [1.54, 1.807) is 48.5 Å². The normalized spacial score (nSPS) is 21.2. The number of ether oxygens (including phenoxy) is 2. The molecule has 0 aromatic heterocycles. The molecule has 1 fully saturated rings. The zero-order valence-electron chi connectivity index (χ0n) is 13.6. The molecule has 0 unspecified atom stereocenters. The van der Waals surface area contributed by atoms with Crippen LogP contribution in [-0.2, 0) is 9.47 Å². The maximum absolute atomic E-state index is 14.5. The topological polar surface area (TPSA) is 52.6 Å². The second-order valence-electron chi connectivity index (χ2n) is 5.72. The van der Waals surface area contributed by atoms with Gasteiger partial charge in [-0.1, -0.05) is 36.4 Å². The van der Waals surface area contributed by atoms with E-state index in [9.17, 15) is 18.4 Å². The van der Waals surface area contributed by atoms with Crippen molar-refractivity contribution in [2.45, 2.75) is 17.3 Å². The minimum absolute atomic E-state index is 0.0564. The molecular weight excluding hydrogens is 362 g/mol. The lowest BCUT2D eigenvalue weighted by Crippen LogP contribution is -2.42. The lowest BCUT2D eigenvalue weighted by molar-refractivity contribution is -0.104. The van der Waals surface area contributed by atoms with Crippen molar-refractivity contribution in [3.8, 4) is 0 Å². The Labute approximate surface area is 153 Å². The quantitative estimate of drug-likeness (QED) is 0.741. The van der Waals surface area contributed by atoms with Crippen LogP contribution in [0.15, 0.2) is 60.7 Å². The Kier molecular flexibility index (Phi) is 5.56. The zero-order valence-corrected chi connectivity index (χ0v) is 14.5. The Balaban J connectivity index is 1.58. The number of alkyl halides is 2. The highest BCUT2D eigenvalue weighted by Gasteiger charge is 2.55. The van der Waals surface area contributed by atoms with Crippen molar-refractivity contribution >= 4 is 23.7 Å². The van der Waals surface area contributed by atoms with Crippen LogP contribution in [0.2, 0.25) is 0 Å². The second-order valence-corrected chi connectivity index (χ2v) is 6.96. The van der Waals surface area contributed by atoms with Gasteiger partial charge in [-0.15, -0.1) is 11.8 Å². The Hall–Kier alpha value is -2.41. The van der Waals surface area contributed by atoms with Crippen molar-refractivity contribution in [1.82, 2.24) is 0 Å². The van der Waals surface area contributed by atoms with Crippen molar-refractivity contribution in [1.29, 1.82) is 0 Å². The van der Waals surface area contributed by atoms with Gasteiger partial charge in [-0.2, -0.15) is 0 Å². The minimum Gasteiger partial charge on any atom is -0.461 e. The summed E-state index contributed by atoms with van der Waals surface area (Å²) in [5, 5.41) is -1.26. The minimum atomic E-state index is -3.29. The number of rotatable bonds is 5. The second kappa shape index (κ2) is 7.86. The van der Waals surface area contributed by atoms with Gasteiger partial charge in [0.1, 0.15) is 11.9 Å². The van der Waals surface area contributed by atoms with Crippen LogP contribution in [0, 0.1) is 0 Å². The SMILES string of the molecule is O=C(OC[C@@H]1SC[C@@H](OC(=O)c2ccccc2)C1(F)F)c1ccccc1. The van der Waals surface area contributed by atoms with Crippen molar-refractivity contribution in [3.05, 3.63) is 71.8 Å². The van der Waals surface area contributed by atoms with Gasteiger partial charge in [0.25, 0.3) is 5.92 Å². The van der Waals surface area contributed by atoms with E-state index in [0.717, 1.165) is 11.8 Å². The molecule has 0 N–H and O–H groups in total. The average molecular weight is 378 g/mol. The highest BCUT2D eigenvalue weighted by molar-refractivity contribution is 8.00. The van der Waals surface area contributed by atoms with Crippen molar-refractivity contribution < 1.29 is 27.8 Å². The highest BCUT2D eigenvalue weighted by atomic mass is 32.2. The van der Waals surface area contributed by atoms with Crippen LogP contribution in [0.3, 0.4) is 0 Å². The molecule has 26 heavy (non-hydrogen) atoms. The van der Waals surface area contributed by atoms with Crippen molar-refractivity contribution in [2.24, 2.45) is 0 Å². The van der Waals surface area contributed by atoms with Crippen LogP contribution in [0.25, 0.3) is 0 Å². The molecule has 2 aromatic rings. The first-order chi connectivity index (χ1) is 12.5. The summed E-state index contributed by atoms with van der Waals surface area (Å²) in [6.07, 6.45) is -1.55. The van der Waals surface area contributed by atoms with E-state index in [2.05, 4.69) is 0 Å². The van der Waals surface area contributed by atoms with E-state index in [1.807, 2.05) is 0 Å². The number of carbonyl (C=O) groups is 2. The number of esters is 2. The van der Waals surface area contributed by atoms with Gasteiger partial charge in [-0.25, -0.2) is 18.4 Å². The first-order valence-corrected chi connectivity index (χ1v) is 9.01. The molecule has 4 nitrogen and oxygen atoms in total. The summed E-state index contributed by atoms with van der Waals surface area (Å²) in [7, 11) is 0. The number of thioether (sulfide) groups is 1. The van der Waals surface area contributed by atoms with Crippen LogP contribution in [0.5, 0.6) is 0 Å². The summed E-state index contributed by atoms with van der Waals surface area (Å²) in [5.74, 6) is -4.80. The van der Waals surface area contributed by atoms with Gasteiger partial charge in [-0.05, 0) is 24.3 Å². The van der Waals surface area contributed by atoms with Crippen LogP contribution < -0.4 is 0 Å². The van der Waals surface area contributed by atoms with E-state index < -0.39 is 35.8 Å². The van der Waals surface area contributed by atoms with Gasteiger partial charge in [0.05, 0.1) is 11.1 Å². The van der Waals surface area contributed by atoms with Crippen LogP contribution in [-0.4, -0.2) is 41.6 Å². The number of hydrogen-bond donors (Lipinski definition) is 0. The van der Waals surface area contributed by atoms with Gasteiger partial charge in [0.15, 0.2) is 6.10 Å². The third-order valence-corrected chi connectivity index (χ3v) is 5.29. The third kappa shape index (κ3) is 4.04. The molecule has 0 spiro atoms. The third-order valence-electron chi connectivity index (χ3n) is 3.94. The summed E-state index contributed by atoms with van der Waals surface area (Å²) in [5.41, 5.74) is 0.512. The molecule has 1 aliphatic heterocycles. The first-order valence-electron chi connectivity index (χ1n) is 7.96. The Morgan fingerprint density at radius 3 is 2.08 bits per heavy atom. The monoisotopic (exact) mass is 378 g/mol. The van der Waals surface area contributed by atoms with Gasteiger partial charge >= 0.3 is 11.9 Å². The molecule has 7 heteroatoms. The molecule has 2 atom stereocenters. The van der Waals surface area contributed by atoms with Gasteiger partial charge in [0.2, 0.25) is 0 Å². The molecule has 136 valence electrons. The van der Waals surface area contributed by atoms with E-state index in [0.29, 0.717) is 5.56 Å². The fourth-order valence-electron chi connectivity index (χ4n) is 2.49. The molecular formula is C19H16F2O4S. The highest BCUT2D eigenvalue weighted by Crippen LogP contribution is 2.42. The summed E-state index contributed by atoms with van der Waals surface area (Å²) in [6.45, 7) is -0.454. The van der Waals surface area contributed by atoms with Crippen LogP contribution >= 0.6 is 11.8 Å². The zero-order chi connectivity index (χ0) is 18.6. The van der Waals surface area contributed by atoms with Gasteiger partial charge in [0, 0.05) is 5.75 Å². The predicted octanol–water partition coefficient (Wildman–Crippen LogP) is 3.82. The fourth-order valence-corrected chi connectivity index (χ4v) is 3.72. The standard InChI is InChI=1S/C19H16F2O4S/c20-19(21)15(25-18(23)14-9-5-2-6-10-14)12-26-16(19)11-24-17(22)13-7-3-1-4-8-13/h1-10,15-16H,11-12H2/t15-,16+/m1/s1. The molecule has 0 saturated carbocycles. The molecule has 0 radical (unpaired) electrons. The lowest BCUT2D eigenvalue weighted by atomic mass is 10.1. The molecule has 1 saturated heterocycles. The Morgan fingerprint density at radius 1 is 0.962 bits per heavy atom. The van der Waals surface area contributed by atoms with Crippen molar-refractivity contribution in [3.63, 3.8) is 0 Å².